The first-order chi connectivity index (χ1) is 14.8. The Hall–Kier alpha value is -3.18. The van der Waals surface area contributed by atoms with Gasteiger partial charge in [-0.05, 0) is 43.3 Å². The Bertz CT molecular complexity index is 1420. The van der Waals surface area contributed by atoms with Gasteiger partial charge in [0.25, 0.3) is 5.56 Å². The van der Waals surface area contributed by atoms with E-state index in [4.69, 9.17) is 0 Å². The van der Waals surface area contributed by atoms with Crippen molar-refractivity contribution in [2.45, 2.75) is 18.4 Å². The molecular formula is C21H18N4O4S2. The van der Waals surface area contributed by atoms with Crippen molar-refractivity contribution in [3.63, 3.8) is 0 Å². The number of rotatable bonds is 3. The van der Waals surface area contributed by atoms with Crippen LogP contribution in [0.15, 0.2) is 68.8 Å². The third kappa shape index (κ3) is 3.29. The minimum atomic E-state index is -3.54. The van der Waals surface area contributed by atoms with E-state index in [9.17, 15) is 19.0 Å². The third-order valence-corrected chi connectivity index (χ3v) is 7.36. The molecule has 0 aliphatic carbocycles. The Morgan fingerprint density at radius 3 is 2.71 bits per heavy atom. The first kappa shape index (κ1) is 19.8. The number of amidine groups is 1. The van der Waals surface area contributed by atoms with Crippen LogP contribution in [0.5, 0.6) is 5.75 Å². The average molecular weight is 455 g/mol. The number of thiophene rings is 1. The number of benzene rings is 1. The van der Waals surface area contributed by atoms with Crippen LogP contribution in [0.1, 0.15) is 15.3 Å². The maximum atomic E-state index is 13.5. The zero-order chi connectivity index (χ0) is 21.8. The number of hydrogen-bond acceptors (Lipinski definition) is 8. The van der Waals surface area contributed by atoms with Crippen molar-refractivity contribution in [1.82, 2.24) is 9.55 Å². The van der Waals surface area contributed by atoms with E-state index in [1.165, 1.54) is 4.57 Å². The first-order valence-corrected chi connectivity index (χ1v) is 11.7. The monoisotopic (exact) mass is 454 g/mol. The molecule has 0 radical (unpaired) electrons. The average Bonchev–Trinajstić information content (AvgIpc) is 3.16. The Kier molecular flexibility index (Phi) is 4.59. The predicted molar refractivity (Wildman–Crippen MR) is 124 cm³/mol. The fraction of sp³-hybridized carbons (Fsp3) is 0.0952. The van der Waals surface area contributed by atoms with Gasteiger partial charge in [0.1, 0.15) is 21.9 Å². The van der Waals surface area contributed by atoms with E-state index in [1.807, 2.05) is 19.1 Å². The molecular weight excluding hydrogens is 436 g/mol. The topological polar surface area (TPSA) is 120 Å². The lowest BCUT2D eigenvalue weighted by Crippen LogP contribution is -2.32. The Labute approximate surface area is 182 Å². The maximum Gasteiger partial charge on any atom is 0.267 e. The second-order valence-corrected chi connectivity index (χ2v) is 10.1. The van der Waals surface area contributed by atoms with E-state index in [0.29, 0.717) is 16.7 Å². The normalized spacial score (nSPS) is 15.8. The van der Waals surface area contributed by atoms with Crippen molar-refractivity contribution in [1.29, 1.82) is 0 Å². The van der Waals surface area contributed by atoms with E-state index in [-0.39, 0.29) is 28.6 Å². The minimum Gasteiger partial charge on any atom is -0.506 e. The van der Waals surface area contributed by atoms with Gasteiger partial charge in [0.2, 0.25) is 0 Å². The highest BCUT2D eigenvalue weighted by atomic mass is 32.3. The number of anilines is 1. The summed E-state index contributed by atoms with van der Waals surface area (Å²) in [7, 11) is -3.54. The van der Waals surface area contributed by atoms with E-state index >= 15 is 0 Å². The summed E-state index contributed by atoms with van der Waals surface area (Å²) in [4.78, 5) is 20.1. The van der Waals surface area contributed by atoms with Crippen LogP contribution in [0.3, 0.4) is 0 Å². The van der Waals surface area contributed by atoms with Crippen LogP contribution in [0.4, 0.5) is 5.69 Å². The molecule has 31 heavy (non-hydrogen) atoms. The molecule has 4 N–H and O–H groups in total. The van der Waals surface area contributed by atoms with E-state index in [0.717, 1.165) is 9.75 Å². The number of nitrogens with zero attached hydrogens (tertiary/aromatic N) is 3. The summed E-state index contributed by atoms with van der Waals surface area (Å²) in [6, 6.07) is 13.8. The number of aryl methyl sites for hydroxylation is 1. The summed E-state index contributed by atoms with van der Waals surface area (Å²) in [6.07, 6.45) is 1.56. The second-order valence-electron chi connectivity index (χ2n) is 7.08. The van der Waals surface area contributed by atoms with E-state index in [2.05, 4.69) is 14.7 Å². The summed E-state index contributed by atoms with van der Waals surface area (Å²) >= 11 is 1.56. The van der Waals surface area contributed by atoms with Gasteiger partial charge in [0.05, 0.1) is 17.6 Å². The minimum absolute atomic E-state index is 0.0944. The van der Waals surface area contributed by atoms with Gasteiger partial charge < -0.3 is 10.4 Å². The first-order valence-electron chi connectivity index (χ1n) is 9.35. The van der Waals surface area contributed by atoms with Crippen LogP contribution in [0.2, 0.25) is 0 Å². The molecule has 5 rings (SSSR count). The molecule has 4 aromatic rings. The molecule has 0 saturated heterocycles. The number of pyridine rings is 2. The summed E-state index contributed by atoms with van der Waals surface area (Å²) in [5.41, 5.74) is 0.0834. The zero-order valence-electron chi connectivity index (χ0n) is 16.3. The lowest BCUT2D eigenvalue weighted by atomic mass is 10.1. The molecule has 0 atom stereocenters. The lowest BCUT2D eigenvalue weighted by Gasteiger charge is -2.34. The molecule has 0 saturated carbocycles. The molecule has 3 aromatic heterocycles. The summed E-state index contributed by atoms with van der Waals surface area (Å²) in [5, 5.41) is 14.3. The Morgan fingerprint density at radius 1 is 1.13 bits per heavy atom. The van der Waals surface area contributed by atoms with Crippen molar-refractivity contribution in [3.8, 4) is 5.75 Å². The lowest BCUT2D eigenvalue weighted by molar-refractivity contribution is 0.477. The molecule has 158 valence electrons. The van der Waals surface area contributed by atoms with Gasteiger partial charge in [-0.1, -0.05) is 22.9 Å². The van der Waals surface area contributed by atoms with Gasteiger partial charge in [-0.25, -0.2) is 4.98 Å². The Balaban J connectivity index is 1.75. The molecule has 0 spiro atoms. The highest BCUT2D eigenvalue weighted by Gasteiger charge is 2.30. The van der Waals surface area contributed by atoms with Gasteiger partial charge >= 0.3 is 0 Å². The van der Waals surface area contributed by atoms with Crippen molar-refractivity contribution in [3.05, 3.63) is 80.4 Å². The summed E-state index contributed by atoms with van der Waals surface area (Å²) < 4.78 is 26.6. The molecule has 0 bridgehead atoms. The zero-order valence-corrected chi connectivity index (χ0v) is 17.9. The number of fused-ring (bicyclic) bond motifs is 2. The van der Waals surface area contributed by atoms with Crippen LogP contribution in [0, 0.1) is 6.92 Å². The molecule has 1 aliphatic heterocycles. The summed E-state index contributed by atoms with van der Waals surface area (Å²) in [5.74, 6) is -0.407. The number of nitrogens with one attached hydrogen (secondary N) is 1. The number of aromatic hydroxyl groups is 1. The smallest absolute Gasteiger partial charge is 0.267 e. The molecule has 0 amide bonds. The number of aromatic nitrogens is 2. The largest absolute Gasteiger partial charge is 0.506 e. The van der Waals surface area contributed by atoms with Crippen LogP contribution in [-0.2, 0) is 6.54 Å². The number of hydrogen-bond donors (Lipinski definition) is 4. The molecule has 1 aliphatic rings. The molecule has 10 heteroatoms. The standard InChI is InChI=1S/C21H18N4O4S2/c1-12-8-9-13(30-12)11-25-20-14(5-4-10-22-20)18(26)17(21(25)27)19-23-15-6-2-3-7-16(15)31(28,29)24-19/h2-10,26,28-29H,11H2,1H3,(H,23,24). The van der Waals surface area contributed by atoms with E-state index in [1.54, 1.807) is 53.9 Å². The van der Waals surface area contributed by atoms with Gasteiger partial charge in [-0.15, -0.1) is 15.7 Å². The van der Waals surface area contributed by atoms with Gasteiger partial charge in [0, 0.05) is 16.0 Å². The molecule has 8 nitrogen and oxygen atoms in total. The maximum absolute atomic E-state index is 13.5. The fourth-order valence-corrected chi connectivity index (χ4v) is 5.64. The van der Waals surface area contributed by atoms with Crippen LogP contribution >= 0.6 is 22.1 Å². The Morgan fingerprint density at radius 2 is 1.94 bits per heavy atom. The van der Waals surface area contributed by atoms with Gasteiger partial charge in [-0.3, -0.25) is 18.5 Å². The highest BCUT2D eigenvalue weighted by Crippen LogP contribution is 2.55. The molecule has 0 fully saturated rings. The van der Waals surface area contributed by atoms with Gasteiger partial charge in [-0.2, -0.15) is 0 Å². The van der Waals surface area contributed by atoms with Gasteiger partial charge in [0.15, 0.2) is 5.84 Å². The second kappa shape index (κ2) is 7.20. The van der Waals surface area contributed by atoms with Crippen LogP contribution in [-0.4, -0.2) is 29.6 Å². The predicted octanol–water partition coefficient (Wildman–Crippen LogP) is 4.42. The van der Waals surface area contributed by atoms with Crippen molar-refractivity contribution in [2.24, 2.45) is 4.40 Å². The summed E-state index contributed by atoms with van der Waals surface area (Å²) in [6.45, 7) is 2.25. The van der Waals surface area contributed by atoms with Crippen molar-refractivity contribution in [2.75, 3.05) is 5.32 Å². The fourth-order valence-electron chi connectivity index (χ4n) is 3.59. The van der Waals surface area contributed by atoms with Crippen molar-refractivity contribution >= 4 is 44.7 Å². The third-order valence-electron chi connectivity index (χ3n) is 4.99. The molecule has 1 aromatic carbocycles. The van der Waals surface area contributed by atoms with Crippen LogP contribution < -0.4 is 10.9 Å². The van der Waals surface area contributed by atoms with Crippen LogP contribution in [0.25, 0.3) is 11.0 Å². The SMILES string of the molecule is Cc1ccc(Cn2c(=O)c(C3=NS(O)(O)c4ccccc4N3)c(O)c3cccnc32)s1. The molecule has 0 unspecified atom stereocenters. The van der Waals surface area contributed by atoms with Crippen molar-refractivity contribution < 1.29 is 14.2 Å². The highest BCUT2D eigenvalue weighted by molar-refractivity contribution is 8.23. The number of para-hydroxylation sites is 1. The van der Waals surface area contributed by atoms with E-state index < -0.39 is 16.3 Å². The molecule has 4 heterocycles. The quantitative estimate of drug-likeness (QED) is 0.364.